The van der Waals surface area contributed by atoms with Crippen LogP contribution in [0.5, 0.6) is 5.75 Å². The van der Waals surface area contributed by atoms with Crippen molar-refractivity contribution in [3.05, 3.63) is 103 Å². The summed E-state index contributed by atoms with van der Waals surface area (Å²) in [4.78, 5) is 40.6. The summed E-state index contributed by atoms with van der Waals surface area (Å²) in [6.07, 6.45) is -0.705. The molecule has 0 spiro atoms. The Labute approximate surface area is 252 Å². The number of rotatable bonds is 9. The third kappa shape index (κ3) is 6.07. The van der Waals surface area contributed by atoms with Crippen LogP contribution in [-0.4, -0.2) is 39.5 Å². The molecule has 0 aliphatic rings. The quantitative estimate of drug-likeness (QED) is 0.174. The lowest BCUT2D eigenvalue weighted by Gasteiger charge is -2.15. The number of nitrogens with zero attached hydrogens (tertiary/aromatic N) is 3. The third-order valence-electron chi connectivity index (χ3n) is 6.81. The van der Waals surface area contributed by atoms with Gasteiger partial charge in [-0.15, -0.1) is 0 Å². The maximum atomic E-state index is 13.2. The van der Waals surface area contributed by atoms with Crippen molar-refractivity contribution in [1.29, 1.82) is 0 Å². The van der Waals surface area contributed by atoms with Crippen LogP contribution in [-0.2, 0) is 9.53 Å². The predicted octanol–water partition coefficient (Wildman–Crippen LogP) is 7.55. The standard InChI is InChI=1S/C34H28N4O4S/c1-3-28(32(39)38-34-37-26-18-16-24(41-4-2)20-29(26)43-34)42-33(40)23-15-17-25-27(19-23)36-31(22-13-9-6-10-14-22)30(35-25)21-11-7-5-8-12-21/h5-20,28H,3-4H2,1-2H3,(H,37,38,39). The molecule has 43 heavy (non-hydrogen) atoms. The van der Waals surface area contributed by atoms with Gasteiger partial charge in [0, 0.05) is 11.1 Å². The number of aromatic nitrogens is 3. The van der Waals surface area contributed by atoms with Crippen molar-refractivity contribution in [3.63, 3.8) is 0 Å². The van der Waals surface area contributed by atoms with Gasteiger partial charge >= 0.3 is 5.97 Å². The first-order chi connectivity index (χ1) is 21.0. The molecule has 6 rings (SSSR count). The summed E-state index contributed by atoms with van der Waals surface area (Å²) in [5.74, 6) is -0.326. The summed E-state index contributed by atoms with van der Waals surface area (Å²) in [7, 11) is 0. The number of hydrogen-bond donors (Lipinski definition) is 1. The molecule has 1 atom stereocenters. The van der Waals surface area contributed by atoms with Gasteiger partial charge in [-0.3, -0.25) is 10.1 Å². The second-order valence-electron chi connectivity index (χ2n) is 9.73. The Morgan fingerprint density at radius 2 is 1.42 bits per heavy atom. The number of benzene rings is 4. The molecule has 2 aromatic heterocycles. The van der Waals surface area contributed by atoms with Crippen molar-refractivity contribution in [2.75, 3.05) is 11.9 Å². The van der Waals surface area contributed by atoms with Crippen molar-refractivity contribution in [1.82, 2.24) is 15.0 Å². The Hall–Kier alpha value is -5.15. The van der Waals surface area contributed by atoms with Crippen LogP contribution in [0.2, 0.25) is 0 Å². The number of fused-ring (bicyclic) bond motifs is 2. The predicted molar refractivity (Wildman–Crippen MR) is 169 cm³/mol. The maximum Gasteiger partial charge on any atom is 0.338 e. The average Bonchev–Trinajstić information content (AvgIpc) is 3.45. The highest BCUT2D eigenvalue weighted by atomic mass is 32.1. The summed E-state index contributed by atoms with van der Waals surface area (Å²) in [5.41, 5.74) is 5.53. The first kappa shape index (κ1) is 28.0. The molecule has 1 unspecified atom stereocenters. The van der Waals surface area contributed by atoms with Crippen LogP contribution in [0, 0.1) is 0 Å². The molecular formula is C34H28N4O4S. The summed E-state index contributed by atoms with van der Waals surface area (Å²) in [6.45, 7) is 4.27. The zero-order chi connectivity index (χ0) is 29.8. The molecule has 214 valence electrons. The molecule has 0 aliphatic carbocycles. The first-order valence-corrected chi connectivity index (χ1v) is 14.8. The lowest BCUT2D eigenvalue weighted by Crippen LogP contribution is -2.32. The molecule has 9 heteroatoms. The topological polar surface area (TPSA) is 103 Å². The molecule has 0 saturated heterocycles. The van der Waals surface area contributed by atoms with Crippen molar-refractivity contribution >= 4 is 49.6 Å². The van der Waals surface area contributed by atoms with Gasteiger partial charge in [-0.1, -0.05) is 78.9 Å². The van der Waals surface area contributed by atoms with Crippen molar-refractivity contribution < 1.29 is 19.1 Å². The number of carbonyl (C=O) groups excluding carboxylic acids is 2. The van der Waals surface area contributed by atoms with Crippen LogP contribution >= 0.6 is 11.3 Å². The average molecular weight is 589 g/mol. The Balaban J connectivity index is 1.24. The van der Waals surface area contributed by atoms with Crippen LogP contribution in [0.1, 0.15) is 30.6 Å². The highest BCUT2D eigenvalue weighted by Gasteiger charge is 2.24. The molecule has 0 saturated carbocycles. The molecule has 1 amide bonds. The zero-order valence-corrected chi connectivity index (χ0v) is 24.4. The summed E-state index contributed by atoms with van der Waals surface area (Å²) < 4.78 is 12.1. The van der Waals surface area contributed by atoms with E-state index in [1.807, 2.05) is 85.8 Å². The highest BCUT2D eigenvalue weighted by molar-refractivity contribution is 7.22. The minimum absolute atomic E-state index is 0.281. The lowest BCUT2D eigenvalue weighted by molar-refractivity contribution is -0.124. The number of amides is 1. The van der Waals surface area contributed by atoms with E-state index < -0.39 is 18.0 Å². The lowest BCUT2D eigenvalue weighted by atomic mass is 10.0. The Kier molecular flexibility index (Phi) is 8.06. The number of ether oxygens (including phenoxy) is 2. The van der Waals surface area contributed by atoms with E-state index in [1.54, 1.807) is 25.1 Å². The summed E-state index contributed by atoms with van der Waals surface area (Å²) in [5, 5.41) is 3.22. The minimum atomic E-state index is -0.999. The molecule has 0 bridgehead atoms. The van der Waals surface area contributed by atoms with E-state index in [0.717, 1.165) is 32.8 Å². The second-order valence-corrected chi connectivity index (χ2v) is 10.8. The first-order valence-electron chi connectivity index (χ1n) is 14.0. The van der Waals surface area contributed by atoms with Gasteiger partial charge in [0.25, 0.3) is 5.91 Å². The van der Waals surface area contributed by atoms with E-state index in [-0.39, 0.29) is 5.56 Å². The molecule has 8 nitrogen and oxygen atoms in total. The van der Waals surface area contributed by atoms with E-state index in [2.05, 4.69) is 10.3 Å². The van der Waals surface area contributed by atoms with Crippen LogP contribution in [0.15, 0.2) is 97.1 Å². The van der Waals surface area contributed by atoms with Crippen LogP contribution < -0.4 is 10.1 Å². The SMILES string of the molecule is CCOc1ccc2nc(NC(=O)C(CC)OC(=O)c3ccc4nc(-c5ccccc5)c(-c5ccccc5)nc4c3)sc2c1. The number of anilines is 1. The van der Waals surface area contributed by atoms with Gasteiger partial charge in [0.2, 0.25) is 0 Å². The van der Waals surface area contributed by atoms with E-state index in [1.165, 1.54) is 11.3 Å². The Bertz CT molecular complexity index is 1930. The van der Waals surface area contributed by atoms with Gasteiger partial charge in [0.1, 0.15) is 5.75 Å². The summed E-state index contributed by atoms with van der Waals surface area (Å²) >= 11 is 1.33. The monoisotopic (exact) mass is 588 g/mol. The molecule has 0 radical (unpaired) electrons. The van der Waals surface area contributed by atoms with Gasteiger partial charge in [-0.25, -0.2) is 19.7 Å². The van der Waals surface area contributed by atoms with Crippen LogP contribution in [0.25, 0.3) is 43.8 Å². The normalized spacial score (nSPS) is 11.8. The molecule has 0 aliphatic heterocycles. The Morgan fingerprint density at radius 3 is 2.07 bits per heavy atom. The third-order valence-corrected chi connectivity index (χ3v) is 7.74. The fourth-order valence-electron chi connectivity index (χ4n) is 4.70. The van der Waals surface area contributed by atoms with Crippen LogP contribution in [0.4, 0.5) is 5.13 Å². The van der Waals surface area contributed by atoms with E-state index >= 15 is 0 Å². The van der Waals surface area contributed by atoms with E-state index in [0.29, 0.717) is 34.9 Å². The summed E-state index contributed by atoms with van der Waals surface area (Å²) in [6, 6.07) is 30.3. The van der Waals surface area contributed by atoms with Crippen molar-refractivity contribution in [2.24, 2.45) is 0 Å². The van der Waals surface area contributed by atoms with Crippen molar-refractivity contribution in [2.45, 2.75) is 26.4 Å². The highest BCUT2D eigenvalue weighted by Crippen LogP contribution is 2.32. The maximum absolute atomic E-state index is 13.2. The molecular weight excluding hydrogens is 560 g/mol. The van der Waals surface area contributed by atoms with Gasteiger partial charge in [-0.2, -0.15) is 0 Å². The molecule has 0 fully saturated rings. The number of carbonyl (C=O) groups is 2. The largest absolute Gasteiger partial charge is 0.494 e. The Morgan fingerprint density at radius 1 is 0.767 bits per heavy atom. The van der Waals surface area contributed by atoms with E-state index in [4.69, 9.17) is 19.4 Å². The number of hydrogen-bond acceptors (Lipinski definition) is 8. The minimum Gasteiger partial charge on any atom is -0.494 e. The van der Waals surface area contributed by atoms with Gasteiger partial charge in [-0.05, 0) is 49.7 Å². The fourth-order valence-corrected chi connectivity index (χ4v) is 5.59. The molecule has 2 heterocycles. The number of nitrogens with one attached hydrogen (secondary N) is 1. The smallest absolute Gasteiger partial charge is 0.338 e. The second kappa shape index (κ2) is 12.4. The van der Waals surface area contributed by atoms with Crippen LogP contribution in [0.3, 0.4) is 0 Å². The van der Waals surface area contributed by atoms with Gasteiger partial charge in [0.15, 0.2) is 11.2 Å². The number of esters is 1. The van der Waals surface area contributed by atoms with Gasteiger partial charge < -0.3 is 9.47 Å². The van der Waals surface area contributed by atoms with Crippen molar-refractivity contribution in [3.8, 4) is 28.3 Å². The molecule has 6 aromatic rings. The fraction of sp³-hybridized carbons (Fsp3) is 0.147. The zero-order valence-electron chi connectivity index (χ0n) is 23.6. The molecule has 1 N–H and O–H groups in total. The number of thiazole rings is 1. The van der Waals surface area contributed by atoms with E-state index in [9.17, 15) is 9.59 Å². The van der Waals surface area contributed by atoms with Gasteiger partial charge in [0.05, 0.1) is 44.8 Å². The molecule has 4 aromatic carbocycles.